The topological polar surface area (TPSA) is 96.3 Å². The Hall–Kier alpha value is -2.19. The Morgan fingerprint density at radius 2 is 1.93 bits per heavy atom. The first kappa shape index (κ1) is 18.2. The van der Waals surface area contributed by atoms with Crippen LogP contribution in [0.2, 0.25) is 5.02 Å². The molecule has 2 aliphatic carbocycles. The van der Waals surface area contributed by atoms with Gasteiger partial charge in [0.15, 0.2) is 12.4 Å². The van der Waals surface area contributed by atoms with Crippen LogP contribution in [-0.2, 0) is 14.4 Å². The molecule has 140 valence electrons. The third-order valence-electron chi connectivity index (χ3n) is 5.13. The number of carbonyl (C=O) groups excluding carboxylic acids is 2. The molecule has 1 aromatic rings. The smallest absolute Gasteiger partial charge is 0.341 e. The monoisotopic (exact) mass is 452 g/mol. The van der Waals surface area contributed by atoms with E-state index in [2.05, 4.69) is 21.0 Å². The SMILES string of the molecule is O=C(O)COc1c(Cl)cc(C=NN2C(=O)C3C4C=CC(C4)C3C2=O)cc1Br. The number of amides is 2. The predicted octanol–water partition coefficient (Wildman–Crippen LogP) is 2.71. The molecule has 1 aromatic carbocycles. The average molecular weight is 454 g/mol. The summed E-state index contributed by atoms with van der Waals surface area (Å²) in [7, 11) is 0. The van der Waals surface area contributed by atoms with Crippen LogP contribution in [0.1, 0.15) is 12.0 Å². The van der Waals surface area contributed by atoms with Gasteiger partial charge >= 0.3 is 5.97 Å². The molecule has 4 unspecified atom stereocenters. The number of ether oxygens (including phenoxy) is 1. The van der Waals surface area contributed by atoms with Gasteiger partial charge in [0.05, 0.1) is 27.5 Å². The minimum Gasteiger partial charge on any atom is -0.479 e. The molecule has 27 heavy (non-hydrogen) atoms. The van der Waals surface area contributed by atoms with Gasteiger partial charge in [0.2, 0.25) is 0 Å². The number of benzene rings is 1. The molecule has 2 bridgehead atoms. The van der Waals surface area contributed by atoms with Gasteiger partial charge in [0.1, 0.15) is 0 Å². The molecular formula is C18H14BrClN2O5. The number of imide groups is 1. The Kier molecular flexibility index (Phi) is 4.55. The first-order valence-corrected chi connectivity index (χ1v) is 9.47. The van der Waals surface area contributed by atoms with E-state index >= 15 is 0 Å². The van der Waals surface area contributed by atoms with Gasteiger partial charge in [0.25, 0.3) is 11.8 Å². The van der Waals surface area contributed by atoms with Crippen LogP contribution in [0, 0.1) is 23.7 Å². The number of aliphatic carboxylic acids is 1. The number of carboxylic acids is 1. The second kappa shape index (κ2) is 6.76. The highest BCUT2D eigenvalue weighted by atomic mass is 79.9. The fourth-order valence-corrected chi connectivity index (χ4v) is 5.04. The number of nitrogens with zero attached hydrogens (tertiary/aromatic N) is 2. The summed E-state index contributed by atoms with van der Waals surface area (Å²) in [6, 6.07) is 3.13. The fourth-order valence-electron chi connectivity index (χ4n) is 4.05. The zero-order valence-corrected chi connectivity index (χ0v) is 16.2. The van der Waals surface area contributed by atoms with Gasteiger partial charge in [-0.2, -0.15) is 10.1 Å². The lowest BCUT2D eigenvalue weighted by molar-refractivity contribution is -0.141. The van der Waals surface area contributed by atoms with E-state index in [0.29, 0.717) is 10.0 Å². The quantitative estimate of drug-likeness (QED) is 0.420. The normalized spacial score (nSPS) is 28.4. The van der Waals surface area contributed by atoms with Crippen LogP contribution in [0.25, 0.3) is 0 Å². The van der Waals surface area contributed by atoms with E-state index in [1.807, 2.05) is 12.2 Å². The fraction of sp³-hybridized carbons (Fsp3) is 0.333. The van der Waals surface area contributed by atoms with Crippen molar-refractivity contribution in [1.82, 2.24) is 5.01 Å². The largest absolute Gasteiger partial charge is 0.479 e. The van der Waals surface area contributed by atoms with Crippen LogP contribution in [0.15, 0.2) is 33.9 Å². The Morgan fingerprint density at radius 3 is 2.48 bits per heavy atom. The first-order valence-electron chi connectivity index (χ1n) is 8.30. The Balaban J connectivity index is 1.53. The summed E-state index contributed by atoms with van der Waals surface area (Å²) in [4.78, 5) is 35.8. The number of halogens is 2. The highest BCUT2D eigenvalue weighted by Gasteiger charge is 2.59. The molecule has 1 saturated heterocycles. The van der Waals surface area contributed by atoms with Crippen molar-refractivity contribution in [2.24, 2.45) is 28.8 Å². The van der Waals surface area contributed by atoms with Crippen LogP contribution in [0.4, 0.5) is 0 Å². The number of hydrazone groups is 1. The van der Waals surface area contributed by atoms with Gasteiger partial charge in [-0.1, -0.05) is 23.8 Å². The number of fused-ring (bicyclic) bond motifs is 5. The molecule has 9 heteroatoms. The molecule has 0 aromatic heterocycles. The van der Waals surface area contributed by atoms with Crippen molar-refractivity contribution >= 4 is 51.5 Å². The second-order valence-corrected chi connectivity index (χ2v) is 7.99. The molecule has 3 aliphatic rings. The summed E-state index contributed by atoms with van der Waals surface area (Å²) in [5.41, 5.74) is 0.535. The van der Waals surface area contributed by atoms with Crippen molar-refractivity contribution in [3.8, 4) is 5.75 Å². The predicted molar refractivity (Wildman–Crippen MR) is 99.4 cm³/mol. The number of rotatable bonds is 5. The molecule has 2 fully saturated rings. The molecule has 4 rings (SSSR count). The van der Waals surface area contributed by atoms with Crippen LogP contribution >= 0.6 is 27.5 Å². The summed E-state index contributed by atoms with van der Waals surface area (Å²) >= 11 is 9.40. The maximum atomic E-state index is 12.6. The van der Waals surface area contributed by atoms with Gasteiger partial charge in [-0.3, -0.25) is 9.59 Å². The zero-order valence-electron chi connectivity index (χ0n) is 13.8. The van der Waals surface area contributed by atoms with E-state index in [1.54, 1.807) is 6.07 Å². The molecule has 0 radical (unpaired) electrons. The van der Waals surface area contributed by atoms with Gasteiger partial charge in [-0.15, -0.1) is 0 Å². The molecule has 2 amide bonds. The summed E-state index contributed by atoms with van der Waals surface area (Å²) in [5.74, 6) is -1.78. The average Bonchev–Trinajstić information content (AvgIpc) is 3.27. The third-order valence-corrected chi connectivity index (χ3v) is 6.00. The summed E-state index contributed by atoms with van der Waals surface area (Å²) in [6.07, 6.45) is 6.29. The summed E-state index contributed by atoms with van der Waals surface area (Å²) in [5, 5.41) is 13.9. The highest BCUT2D eigenvalue weighted by Crippen LogP contribution is 2.52. The van der Waals surface area contributed by atoms with Gasteiger partial charge in [-0.05, 0) is 51.9 Å². The Bertz CT molecular complexity index is 862. The molecule has 1 aliphatic heterocycles. The molecule has 1 N–H and O–H groups in total. The van der Waals surface area contributed by atoms with Gasteiger partial charge in [0, 0.05) is 0 Å². The molecular weight excluding hydrogens is 440 g/mol. The minimum atomic E-state index is -1.12. The Labute approximate surface area is 167 Å². The molecule has 4 atom stereocenters. The summed E-state index contributed by atoms with van der Waals surface area (Å²) < 4.78 is 5.57. The number of allylic oxidation sites excluding steroid dienone is 2. The number of hydrogen-bond donors (Lipinski definition) is 1. The van der Waals surface area contributed by atoms with Crippen molar-refractivity contribution in [1.29, 1.82) is 0 Å². The maximum Gasteiger partial charge on any atom is 0.341 e. The maximum absolute atomic E-state index is 12.6. The van der Waals surface area contributed by atoms with Crippen LogP contribution in [-0.4, -0.2) is 40.7 Å². The lowest BCUT2D eigenvalue weighted by atomic mass is 9.85. The molecule has 1 saturated carbocycles. The van der Waals surface area contributed by atoms with E-state index < -0.39 is 12.6 Å². The van der Waals surface area contributed by atoms with Crippen LogP contribution in [0.3, 0.4) is 0 Å². The number of carbonyl (C=O) groups is 3. The van der Waals surface area contributed by atoms with E-state index in [9.17, 15) is 14.4 Å². The molecule has 1 heterocycles. The second-order valence-electron chi connectivity index (χ2n) is 6.73. The highest BCUT2D eigenvalue weighted by molar-refractivity contribution is 9.10. The van der Waals surface area contributed by atoms with Crippen molar-refractivity contribution in [3.05, 3.63) is 39.3 Å². The van der Waals surface area contributed by atoms with Gasteiger partial charge < -0.3 is 9.84 Å². The van der Waals surface area contributed by atoms with E-state index in [-0.39, 0.29) is 46.3 Å². The number of hydrogen-bond acceptors (Lipinski definition) is 5. The van der Waals surface area contributed by atoms with E-state index in [0.717, 1.165) is 11.4 Å². The Morgan fingerprint density at radius 1 is 1.30 bits per heavy atom. The molecule has 0 spiro atoms. The minimum absolute atomic E-state index is 0.130. The third kappa shape index (κ3) is 3.06. The van der Waals surface area contributed by atoms with Crippen molar-refractivity contribution in [2.75, 3.05) is 6.61 Å². The van der Waals surface area contributed by atoms with Crippen molar-refractivity contribution < 1.29 is 24.2 Å². The van der Waals surface area contributed by atoms with E-state index in [1.165, 1.54) is 12.3 Å². The lowest BCUT2D eigenvalue weighted by Crippen LogP contribution is -2.28. The first-order chi connectivity index (χ1) is 12.9. The summed E-state index contributed by atoms with van der Waals surface area (Å²) in [6.45, 7) is -0.526. The van der Waals surface area contributed by atoms with Crippen molar-refractivity contribution in [2.45, 2.75) is 6.42 Å². The molecule has 7 nitrogen and oxygen atoms in total. The standard InChI is InChI=1S/C18H14BrClN2O5/c19-11-3-8(4-12(20)16(11)27-7-13(23)24)6-21-22-17(25)14-9-1-2-10(5-9)15(14)18(22)26/h1-4,6,9-10,14-15H,5,7H2,(H,23,24). The van der Waals surface area contributed by atoms with Crippen molar-refractivity contribution in [3.63, 3.8) is 0 Å². The van der Waals surface area contributed by atoms with Crippen LogP contribution < -0.4 is 4.74 Å². The lowest BCUT2D eigenvalue weighted by Gasteiger charge is -2.13. The number of carboxylic acid groups (broad SMARTS) is 1. The van der Waals surface area contributed by atoms with E-state index in [4.69, 9.17) is 21.4 Å². The van der Waals surface area contributed by atoms with Crippen LogP contribution in [0.5, 0.6) is 5.75 Å². The zero-order chi connectivity index (χ0) is 19.3. The van der Waals surface area contributed by atoms with Gasteiger partial charge in [-0.25, -0.2) is 4.79 Å².